The quantitative estimate of drug-likeness (QED) is 0.870. The Kier molecular flexibility index (Phi) is 4.04. The summed E-state index contributed by atoms with van der Waals surface area (Å²) in [5.74, 6) is 1.50. The monoisotopic (exact) mass is 263 g/mol. The minimum atomic E-state index is 0.416. The van der Waals surface area contributed by atoms with E-state index in [0.717, 1.165) is 11.5 Å². The van der Waals surface area contributed by atoms with Crippen molar-refractivity contribution in [3.05, 3.63) is 35.9 Å². The zero-order chi connectivity index (χ0) is 13.0. The molecule has 3 N–H and O–H groups in total. The molecule has 1 unspecified atom stereocenters. The molecule has 0 aliphatic rings. The smallest absolute Gasteiger partial charge is 0.197 e. The average Bonchev–Trinajstić information content (AvgIpc) is 2.77. The van der Waals surface area contributed by atoms with Crippen molar-refractivity contribution in [2.45, 2.75) is 12.8 Å². The van der Waals surface area contributed by atoms with Gasteiger partial charge >= 0.3 is 0 Å². The molecule has 0 amide bonds. The van der Waals surface area contributed by atoms with Gasteiger partial charge < -0.3 is 15.8 Å². The van der Waals surface area contributed by atoms with E-state index in [1.807, 2.05) is 6.07 Å². The third kappa shape index (κ3) is 2.73. The number of aromatic nitrogens is 1. The van der Waals surface area contributed by atoms with Gasteiger partial charge in [-0.05, 0) is 23.0 Å². The Morgan fingerprint density at radius 3 is 2.78 bits per heavy atom. The first-order valence-corrected chi connectivity index (χ1v) is 6.57. The van der Waals surface area contributed by atoms with Gasteiger partial charge in [0.2, 0.25) is 0 Å². The molecule has 0 fully saturated rings. The van der Waals surface area contributed by atoms with Crippen molar-refractivity contribution < 1.29 is 4.74 Å². The summed E-state index contributed by atoms with van der Waals surface area (Å²) < 4.78 is 9.28. The molecule has 0 saturated heterocycles. The number of nitrogens with one attached hydrogen (secondary N) is 1. The molecule has 1 aromatic heterocycles. The summed E-state index contributed by atoms with van der Waals surface area (Å²) >= 11 is 1.33. The van der Waals surface area contributed by atoms with Crippen LogP contribution in [0.5, 0.6) is 5.75 Å². The minimum Gasteiger partial charge on any atom is -0.490 e. The third-order valence-corrected chi connectivity index (χ3v) is 3.62. The van der Waals surface area contributed by atoms with Crippen molar-refractivity contribution in [3.63, 3.8) is 0 Å². The van der Waals surface area contributed by atoms with Gasteiger partial charge in [-0.15, -0.1) is 0 Å². The highest BCUT2D eigenvalue weighted by Crippen LogP contribution is 2.35. The van der Waals surface area contributed by atoms with Crippen molar-refractivity contribution in [2.75, 3.05) is 24.7 Å². The van der Waals surface area contributed by atoms with Crippen LogP contribution < -0.4 is 15.8 Å². The molecular weight excluding hydrogens is 246 g/mol. The largest absolute Gasteiger partial charge is 0.490 e. The summed E-state index contributed by atoms with van der Waals surface area (Å²) in [5, 5.41) is 4.22. The number of methoxy groups -OCH3 is 1. The van der Waals surface area contributed by atoms with Gasteiger partial charge in [-0.3, -0.25) is 0 Å². The van der Waals surface area contributed by atoms with Gasteiger partial charge in [0, 0.05) is 6.54 Å². The number of nitrogens with two attached hydrogens (primary N) is 1. The SMILES string of the molecule is COc1c(N)nsc1NCC(C)c1ccccc1. The second kappa shape index (κ2) is 5.73. The van der Waals surface area contributed by atoms with E-state index in [1.54, 1.807) is 7.11 Å². The molecule has 5 heteroatoms. The molecular formula is C13H17N3OS. The Morgan fingerprint density at radius 1 is 1.39 bits per heavy atom. The summed E-state index contributed by atoms with van der Waals surface area (Å²) in [5.41, 5.74) is 7.01. The number of hydrogen-bond acceptors (Lipinski definition) is 5. The highest BCUT2D eigenvalue weighted by Gasteiger charge is 2.13. The molecule has 4 nitrogen and oxygen atoms in total. The maximum absolute atomic E-state index is 5.70. The number of ether oxygens (including phenoxy) is 1. The lowest BCUT2D eigenvalue weighted by molar-refractivity contribution is 0.419. The van der Waals surface area contributed by atoms with Gasteiger partial charge in [0.25, 0.3) is 0 Å². The number of anilines is 2. The summed E-state index contributed by atoms with van der Waals surface area (Å²) in [6.07, 6.45) is 0. The van der Waals surface area contributed by atoms with E-state index in [4.69, 9.17) is 10.5 Å². The van der Waals surface area contributed by atoms with Crippen LogP contribution in [-0.4, -0.2) is 18.0 Å². The first-order valence-electron chi connectivity index (χ1n) is 5.80. The maximum atomic E-state index is 5.70. The Bertz CT molecular complexity index is 498. The fourth-order valence-corrected chi connectivity index (χ4v) is 2.44. The molecule has 18 heavy (non-hydrogen) atoms. The lowest BCUT2D eigenvalue weighted by Crippen LogP contribution is -2.09. The fourth-order valence-electron chi connectivity index (χ4n) is 1.75. The van der Waals surface area contributed by atoms with Crippen LogP contribution in [0.15, 0.2) is 30.3 Å². The van der Waals surface area contributed by atoms with E-state index in [9.17, 15) is 0 Å². The van der Waals surface area contributed by atoms with Gasteiger partial charge in [-0.25, -0.2) is 0 Å². The van der Waals surface area contributed by atoms with Crippen LogP contribution in [0.4, 0.5) is 10.8 Å². The van der Waals surface area contributed by atoms with Crippen LogP contribution in [0, 0.1) is 0 Å². The predicted octanol–water partition coefficient (Wildman–Crippen LogP) is 2.95. The van der Waals surface area contributed by atoms with E-state index in [0.29, 0.717) is 17.5 Å². The van der Waals surface area contributed by atoms with E-state index >= 15 is 0 Å². The lowest BCUT2D eigenvalue weighted by atomic mass is 10.0. The van der Waals surface area contributed by atoms with Crippen LogP contribution in [-0.2, 0) is 0 Å². The Hall–Kier alpha value is -1.75. The van der Waals surface area contributed by atoms with E-state index in [2.05, 4.69) is 40.9 Å². The summed E-state index contributed by atoms with van der Waals surface area (Å²) in [6, 6.07) is 10.4. The predicted molar refractivity (Wildman–Crippen MR) is 76.4 cm³/mol. The van der Waals surface area contributed by atoms with Gasteiger partial charge in [-0.1, -0.05) is 37.3 Å². The van der Waals surface area contributed by atoms with E-state index in [-0.39, 0.29) is 0 Å². The zero-order valence-electron chi connectivity index (χ0n) is 10.5. The van der Waals surface area contributed by atoms with Crippen molar-refractivity contribution in [1.82, 2.24) is 4.37 Å². The molecule has 0 spiro atoms. The molecule has 0 bridgehead atoms. The van der Waals surface area contributed by atoms with Crippen LogP contribution in [0.1, 0.15) is 18.4 Å². The summed E-state index contributed by atoms with van der Waals surface area (Å²) in [7, 11) is 1.60. The van der Waals surface area contributed by atoms with E-state index < -0.39 is 0 Å². The number of nitrogens with zero attached hydrogens (tertiary/aromatic N) is 1. The van der Waals surface area contributed by atoms with Gasteiger partial charge in [0.15, 0.2) is 16.6 Å². The molecule has 1 heterocycles. The molecule has 0 radical (unpaired) electrons. The fraction of sp³-hybridized carbons (Fsp3) is 0.308. The third-order valence-electron chi connectivity index (χ3n) is 2.82. The second-order valence-corrected chi connectivity index (χ2v) is 4.90. The number of nitrogen functional groups attached to an aromatic ring is 1. The summed E-state index contributed by atoms with van der Waals surface area (Å²) in [4.78, 5) is 0. The van der Waals surface area contributed by atoms with Gasteiger partial charge in [0.05, 0.1) is 7.11 Å². The van der Waals surface area contributed by atoms with E-state index in [1.165, 1.54) is 17.1 Å². The standard InChI is InChI=1S/C13H17N3OS/c1-9(10-6-4-3-5-7-10)8-15-13-11(17-2)12(14)16-18-13/h3-7,9,15H,8H2,1-2H3,(H2,14,16). The van der Waals surface area contributed by atoms with Crippen molar-refractivity contribution in [2.24, 2.45) is 0 Å². The highest BCUT2D eigenvalue weighted by molar-refractivity contribution is 7.11. The molecule has 1 atom stereocenters. The van der Waals surface area contributed by atoms with Crippen LogP contribution in [0.25, 0.3) is 0 Å². The second-order valence-electron chi connectivity index (χ2n) is 4.12. The molecule has 1 aromatic carbocycles. The maximum Gasteiger partial charge on any atom is 0.197 e. The Balaban J connectivity index is 1.99. The topological polar surface area (TPSA) is 60.2 Å². The number of benzene rings is 1. The zero-order valence-corrected chi connectivity index (χ0v) is 11.3. The normalized spacial score (nSPS) is 12.1. The first-order chi connectivity index (χ1) is 8.72. The van der Waals surface area contributed by atoms with Crippen LogP contribution >= 0.6 is 11.5 Å². The Morgan fingerprint density at radius 2 is 2.11 bits per heavy atom. The molecule has 96 valence electrons. The van der Waals surface area contributed by atoms with Crippen molar-refractivity contribution >= 4 is 22.4 Å². The average molecular weight is 263 g/mol. The van der Waals surface area contributed by atoms with Gasteiger partial charge in [0.1, 0.15) is 0 Å². The molecule has 0 aliphatic heterocycles. The molecule has 2 rings (SSSR count). The molecule has 0 aliphatic carbocycles. The number of hydrogen-bond donors (Lipinski definition) is 2. The summed E-state index contributed by atoms with van der Waals surface area (Å²) in [6.45, 7) is 3.00. The van der Waals surface area contributed by atoms with Crippen molar-refractivity contribution in [1.29, 1.82) is 0 Å². The van der Waals surface area contributed by atoms with Gasteiger partial charge in [-0.2, -0.15) is 4.37 Å². The van der Waals surface area contributed by atoms with Crippen molar-refractivity contribution in [3.8, 4) is 5.75 Å². The first kappa shape index (κ1) is 12.7. The molecule has 0 saturated carbocycles. The minimum absolute atomic E-state index is 0.416. The Labute approximate surface area is 111 Å². The molecule has 2 aromatic rings. The highest BCUT2D eigenvalue weighted by atomic mass is 32.1. The lowest BCUT2D eigenvalue weighted by Gasteiger charge is -2.13. The van der Waals surface area contributed by atoms with Crippen LogP contribution in [0.3, 0.4) is 0 Å². The number of rotatable bonds is 5. The van der Waals surface area contributed by atoms with Crippen LogP contribution in [0.2, 0.25) is 0 Å².